The van der Waals surface area contributed by atoms with Crippen molar-refractivity contribution in [3.63, 3.8) is 0 Å². The first-order valence-corrected chi connectivity index (χ1v) is 5.54. The maximum absolute atomic E-state index is 3.29. The van der Waals surface area contributed by atoms with Crippen molar-refractivity contribution >= 4 is 22.7 Å². The molecule has 61 valence electrons. The van der Waals surface area contributed by atoms with Gasteiger partial charge in [-0.15, -0.1) is 22.7 Å². The number of thiophene rings is 2. The molecule has 0 bridgehead atoms. The molecule has 2 heteroatoms. The first kappa shape index (κ1) is 8.02. The fourth-order valence-electron chi connectivity index (χ4n) is 1.12. The number of aryl methyl sites for hydroxylation is 2. The minimum Gasteiger partial charge on any atom is -0.143 e. The van der Waals surface area contributed by atoms with Gasteiger partial charge in [0.05, 0.1) is 5.38 Å². The lowest BCUT2D eigenvalue weighted by Gasteiger charge is -1.91. The van der Waals surface area contributed by atoms with Crippen molar-refractivity contribution in [2.24, 2.45) is 0 Å². The van der Waals surface area contributed by atoms with Crippen molar-refractivity contribution in [3.05, 3.63) is 33.3 Å². The van der Waals surface area contributed by atoms with Crippen molar-refractivity contribution in [3.8, 4) is 10.4 Å². The average Bonchev–Trinajstić information content (AvgIpc) is 2.58. The minimum absolute atomic E-state index is 1.28. The van der Waals surface area contributed by atoms with Crippen LogP contribution in [0.2, 0.25) is 0 Å². The summed E-state index contributed by atoms with van der Waals surface area (Å²) in [5, 5.41) is 7.61. The van der Waals surface area contributed by atoms with E-state index in [1.54, 1.807) is 22.7 Å². The van der Waals surface area contributed by atoms with Crippen LogP contribution in [-0.2, 0) is 0 Å². The lowest BCUT2D eigenvalue weighted by molar-refractivity contribution is 1.53. The number of hydrogen-bond acceptors (Lipinski definition) is 2. The summed E-state index contributed by atoms with van der Waals surface area (Å²) >= 11 is 3.45. The van der Waals surface area contributed by atoms with E-state index in [9.17, 15) is 0 Å². The summed E-state index contributed by atoms with van der Waals surface area (Å²) < 4.78 is 0. The summed E-state index contributed by atoms with van der Waals surface area (Å²) in [4.78, 5) is 1.34. The first-order valence-electron chi connectivity index (χ1n) is 3.78. The van der Waals surface area contributed by atoms with Crippen LogP contribution in [0.3, 0.4) is 0 Å². The summed E-state index contributed by atoms with van der Waals surface area (Å²) in [6.07, 6.45) is 0. The van der Waals surface area contributed by atoms with Crippen LogP contribution in [0.4, 0.5) is 0 Å². The standard InChI is InChI=1S/C10H9S2/c1-7-3-10(12-4-7)9-6-11-5-8(9)2/h3-5H,1-2H3. The van der Waals surface area contributed by atoms with E-state index >= 15 is 0 Å². The van der Waals surface area contributed by atoms with E-state index in [-0.39, 0.29) is 0 Å². The molecule has 2 rings (SSSR count). The number of rotatable bonds is 1. The lowest BCUT2D eigenvalue weighted by Crippen LogP contribution is -1.69. The van der Waals surface area contributed by atoms with Crippen LogP contribution in [0.15, 0.2) is 16.8 Å². The van der Waals surface area contributed by atoms with Crippen molar-refractivity contribution < 1.29 is 0 Å². The van der Waals surface area contributed by atoms with Crippen LogP contribution >= 0.6 is 22.7 Å². The van der Waals surface area contributed by atoms with Gasteiger partial charge in [-0.1, -0.05) is 0 Å². The van der Waals surface area contributed by atoms with E-state index in [4.69, 9.17) is 0 Å². The third kappa shape index (κ3) is 1.32. The third-order valence-electron chi connectivity index (χ3n) is 1.77. The molecule has 0 N–H and O–H groups in total. The Morgan fingerprint density at radius 2 is 2.08 bits per heavy atom. The second-order valence-electron chi connectivity index (χ2n) is 2.88. The monoisotopic (exact) mass is 193 g/mol. The Morgan fingerprint density at radius 1 is 1.25 bits per heavy atom. The van der Waals surface area contributed by atoms with Gasteiger partial charge in [0.25, 0.3) is 0 Å². The molecule has 0 atom stereocenters. The molecule has 0 aliphatic carbocycles. The van der Waals surface area contributed by atoms with E-state index in [1.807, 2.05) is 0 Å². The zero-order valence-corrected chi connectivity index (χ0v) is 8.68. The van der Waals surface area contributed by atoms with Gasteiger partial charge in [0, 0.05) is 10.4 Å². The molecule has 0 fully saturated rings. The SMILES string of the molecule is Cc1csc(-c2[c]scc2C)c1. The van der Waals surface area contributed by atoms with Gasteiger partial charge in [-0.3, -0.25) is 0 Å². The van der Waals surface area contributed by atoms with Crippen molar-refractivity contribution in [1.29, 1.82) is 0 Å². The predicted molar refractivity (Wildman–Crippen MR) is 55.9 cm³/mol. The normalized spacial score (nSPS) is 10.5. The Bertz CT molecular complexity index is 382. The van der Waals surface area contributed by atoms with Gasteiger partial charge in [-0.05, 0) is 41.8 Å². The number of hydrogen-bond donors (Lipinski definition) is 0. The molecule has 1 radical (unpaired) electrons. The van der Waals surface area contributed by atoms with E-state index < -0.39 is 0 Å². The van der Waals surface area contributed by atoms with Gasteiger partial charge >= 0.3 is 0 Å². The Balaban J connectivity index is 2.50. The fraction of sp³-hybridized carbons (Fsp3) is 0.200. The Kier molecular flexibility index (Phi) is 2.03. The van der Waals surface area contributed by atoms with Crippen molar-refractivity contribution in [1.82, 2.24) is 0 Å². The van der Waals surface area contributed by atoms with Crippen LogP contribution in [0.5, 0.6) is 0 Å². The van der Waals surface area contributed by atoms with Crippen LogP contribution < -0.4 is 0 Å². The van der Waals surface area contributed by atoms with Gasteiger partial charge < -0.3 is 0 Å². The molecule has 0 saturated heterocycles. The van der Waals surface area contributed by atoms with Crippen molar-refractivity contribution in [2.45, 2.75) is 13.8 Å². The van der Waals surface area contributed by atoms with Crippen LogP contribution in [0.25, 0.3) is 10.4 Å². The maximum atomic E-state index is 3.29. The molecule has 0 unspecified atom stereocenters. The van der Waals surface area contributed by atoms with Crippen LogP contribution in [0.1, 0.15) is 11.1 Å². The van der Waals surface area contributed by atoms with Gasteiger partial charge in [0.2, 0.25) is 0 Å². The average molecular weight is 193 g/mol. The zero-order chi connectivity index (χ0) is 8.55. The van der Waals surface area contributed by atoms with Crippen LogP contribution in [0, 0.1) is 19.2 Å². The second-order valence-corrected chi connectivity index (χ2v) is 4.47. The topological polar surface area (TPSA) is 0 Å². The van der Waals surface area contributed by atoms with Gasteiger partial charge in [-0.2, -0.15) is 0 Å². The van der Waals surface area contributed by atoms with Crippen LogP contribution in [-0.4, -0.2) is 0 Å². The summed E-state index contributed by atoms with van der Waals surface area (Å²) in [7, 11) is 0. The second kappa shape index (κ2) is 3.04. The summed E-state index contributed by atoms with van der Waals surface area (Å²) in [5.74, 6) is 0. The van der Waals surface area contributed by atoms with E-state index in [1.165, 1.54) is 21.6 Å². The molecule has 0 aromatic carbocycles. The molecular formula is C10H9S2. The molecule has 0 aliphatic heterocycles. The first-order chi connectivity index (χ1) is 5.77. The van der Waals surface area contributed by atoms with Gasteiger partial charge in [0.15, 0.2) is 0 Å². The minimum atomic E-state index is 1.28. The predicted octanol–water partition coefficient (Wildman–Crippen LogP) is 3.89. The Labute approximate surface area is 80.5 Å². The molecule has 0 nitrogen and oxygen atoms in total. The molecule has 0 amide bonds. The van der Waals surface area contributed by atoms with Crippen molar-refractivity contribution in [2.75, 3.05) is 0 Å². The maximum Gasteiger partial charge on any atom is 0.0538 e. The molecule has 0 spiro atoms. The summed E-state index contributed by atoms with van der Waals surface area (Å²) in [5.41, 5.74) is 3.95. The smallest absolute Gasteiger partial charge is 0.0538 e. The summed E-state index contributed by atoms with van der Waals surface area (Å²) in [6, 6.07) is 2.22. The molecule has 12 heavy (non-hydrogen) atoms. The Morgan fingerprint density at radius 3 is 2.58 bits per heavy atom. The molecule has 0 aliphatic rings. The highest BCUT2D eigenvalue weighted by Gasteiger charge is 2.04. The highest BCUT2D eigenvalue weighted by atomic mass is 32.1. The Hall–Kier alpha value is -0.600. The molecule has 2 heterocycles. The largest absolute Gasteiger partial charge is 0.143 e. The van der Waals surface area contributed by atoms with E-state index in [0.29, 0.717) is 0 Å². The highest BCUT2D eigenvalue weighted by Crippen LogP contribution is 2.31. The van der Waals surface area contributed by atoms with E-state index in [2.05, 4.69) is 36.1 Å². The molecule has 2 aromatic heterocycles. The summed E-state index contributed by atoms with van der Waals surface area (Å²) in [6.45, 7) is 4.26. The zero-order valence-electron chi connectivity index (χ0n) is 7.05. The highest BCUT2D eigenvalue weighted by molar-refractivity contribution is 7.14. The molecular weight excluding hydrogens is 184 g/mol. The fourth-order valence-corrected chi connectivity index (χ4v) is 2.89. The lowest BCUT2D eigenvalue weighted by atomic mass is 10.2. The third-order valence-corrected chi connectivity index (χ3v) is 3.63. The van der Waals surface area contributed by atoms with E-state index in [0.717, 1.165) is 0 Å². The quantitative estimate of drug-likeness (QED) is 0.644. The van der Waals surface area contributed by atoms with Gasteiger partial charge in [-0.25, -0.2) is 0 Å². The molecule has 2 aromatic rings. The molecule has 0 saturated carbocycles. The van der Waals surface area contributed by atoms with Gasteiger partial charge in [0.1, 0.15) is 0 Å².